The molecule has 0 spiro atoms. The number of carbonyl (C=O) groups excluding carboxylic acids is 1. The molecule has 0 saturated carbocycles. The van der Waals surface area contributed by atoms with Crippen LogP contribution in [0.15, 0.2) is 52.5 Å². The molecule has 6 atom stereocenters. The number of rotatable bonds is 11. The maximum atomic E-state index is 13.7. The molecule has 4 N–H and O–H groups in total. The molecule has 1 aliphatic heterocycles. The first-order chi connectivity index (χ1) is 17.9. The van der Waals surface area contributed by atoms with Gasteiger partial charge in [-0.05, 0) is 44.5 Å². The molecule has 1 aliphatic rings. The molecule has 0 radical (unpaired) electrons. The lowest BCUT2D eigenvalue weighted by Gasteiger charge is -2.29. The van der Waals surface area contributed by atoms with Crippen molar-refractivity contribution in [3.63, 3.8) is 0 Å². The number of esters is 1. The zero-order valence-electron chi connectivity index (χ0n) is 20.5. The normalized spacial score (nSPS) is 25.3. The van der Waals surface area contributed by atoms with Gasteiger partial charge >= 0.3 is 19.4 Å². The van der Waals surface area contributed by atoms with E-state index in [-0.39, 0.29) is 10.4 Å². The second kappa shape index (κ2) is 12.2. The molecule has 1 saturated heterocycles. The fourth-order valence-corrected chi connectivity index (χ4v) is 5.10. The van der Waals surface area contributed by atoms with Crippen LogP contribution in [0.3, 0.4) is 0 Å². The molecule has 1 aromatic heterocycles. The van der Waals surface area contributed by atoms with Crippen LogP contribution in [0.5, 0.6) is 5.75 Å². The van der Waals surface area contributed by atoms with Crippen LogP contribution in [-0.2, 0) is 23.4 Å². The molecule has 3 rings (SSSR count). The van der Waals surface area contributed by atoms with Crippen LogP contribution >= 0.6 is 20.0 Å². The number of azide groups is 1. The van der Waals surface area contributed by atoms with Crippen LogP contribution in [0.1, 0.15) is 27.0 Å². The number of benzene rings is 1. The first-order valence-corrected chi connectivity index (χ1v) is 13.2. The third-order valence-corrected chi connectivity index (χ3v) is 7.07. The van der Waals surface area contributed by atoms with E-state index in [9.17, 15) is 29.9 Å². The van der Waals surface area contributed by atoms with Crippen molar-refractivity contribution in [2.24, 2.45) is 5.11 Å². The summed E-state index contributed by atoms with van der Waals surface area (Å²) in [6, 6.07) is 8.01. The Hall–Kier alpha value is -3.07. The highest BCUT2D eigenvalue weighted by Gasteiger charge is 2.56. The van der Waals surface area contributed by atoms with Crippen molar-refractivity contribution in [1.82, 2.24) is 14.6 Å². The number of para-hydroxylation sites is 1. The summed E-state index contributed by atoms with van der Waals surface area (Å²) < 4.78 is 36.5. The number of aliphatic hydroxyl groups excluding tert-OH is 2. The summed E-state index contributed by atoms with van der Waals surface area (Å²) in [5.41, 5.74) is 6.04. The number of hydrogen-bond acceptors (Lipinski definition) is 11. The Bertz CT molecular complexity index is 1350. The number of hydrogen-bond donors (Lipinski definition) is 4. The van der Waals surface area contributed by atoms with E-state index in [4.69, 9.17) is 30.7 Å². The number of aliphatic hydroxyl groups is 2. The highest BCUT2D eigenvalue weighted by molar-refractivity contribution is 7.71. The van der Waals surface area contributed by atoms with Gasteiger partial charge in [0.2, 0.25) is 5.72 Å². The second-order valence-corrected chi connectivity index (χ2v) is 10.6. The van der Waals surface area contributed by atoms with Crippen LogP contribution in [-0.4, -0.2) is 62.4 Å². The largest absolute Gasteiger partial charge is 0.462 e. The summed E-state index contributed by atoms with van der Waals surface area (Å²) in [7, 11) is -4.46. The predicted molar refractivity (Wildman–Crippen MR) is 134 cm³/mol. The van der Waals surface area contributed by atoms with Gasteiger partial charge in [-0.1, -0.05) is 35.5 Å². The van der Waals surface area contributed by atoms with Gasteiger partial charge in [0, 0.05) is 11.1 Å². The number of ether oxygens (including phenoxy) is 2. The molecule has 1 fully saturated rings. The minimum Gasteiger partial charge on any atom is -0.462 e. The van der Waals surface area contributed by atoms with Crippen LogP contribution in [0.4, 0.5) is 0 Å². The van der Waals surface area contributed by atoms with E-state index in [1.807, 2.05) is 0 Å². The Morgan fingerprint density at radius 2 is 2.03 bits per heavy atom. The number of nitrogens with zero attached hydrogens (tertiary/aromatic N) is 4. The standard InChI is InChI=1S/C21H27N6O9PS/c1-12(2)34-19(30)13(3)24-37(32,36-14-7-5-4-6-8-14)33-11-21(25-26-22)17(29)16(28)18(35-21)27-10-9-15(38)23-20(27)31/h4-10,12-13,16-18,28-29H,11H2,1-3H3,(H,24,32)(H,23,31,38)/t13-,16-,17+,18+,21?,37?/m0/s1. The molecule has 17 heteroatoms. The summed E-state index contributed by atoms with van der Waals surface area (Å²) in [6.45, 7) is 3.71. The number of carbonyl (C=O) groups is 1. The van der Waals surface area contributed by atoms with Gasteiger partial charge in [0.1, 0.15) is 28.6 Å². The molecular formula is C21H27N6O9PS. The van der Waals surface area contributed by atoms with E-state index >= 15 is 0 Å². The number of aromatic nitrogens is 2. The highest BCUT2D eigenvalue weighted by atomic mass is 32.1. The van der Waals surface area contributed by atoms with E-state index in [0.29, 0.717) is 0 Å². The minimum absolute atomic E-state index is 0.0995. The van der Waals surface area contributed by atoms with Crippen LogP contribution < -0.4 is 15.3 Å². The number of H-pyrrole nitrogens is 1. The predicted octanol–water partition coefficient (Wildman–Crippen LogP) is 2.30. The molecule has 0 amide bonds. The lowest BCUT2D eigenvalue weighted by Crippen LogP contribution is -2.45. The number of nitrogens with one attached hydrogen (secondary N) is 2. The second-order valence-electron chi connectivity index (χ2n) is 8.51. The molecule has 2 heterocycles. The summed E-state index contributed by atoms with van der Waals surface area (Å²) in [5.74, 6) is -0.652. The SMILES string of the molecule is CC(C)OC(=O)[C@H](C)NP(=O)(OCC1(N=[N+]=[N-])O[C@@H](n2ccc(=S)[nH]c2=O)[C@@H](O)[C@H]1O)Oc1ccccc1. The van der Waals surface area contributed by atoms with Gasteiger partial charge in [-0.25, -0.2) is 9.36 Å². The molecule has 1 aromatic carbocycles. The quantitative estimate of drug-likeness (QED) is 0.0769. The Kier molecular flexibility index (Phi) is 9.46. The first-order valence-electron chi connectivity index (χ1n) is 11.3. The average Bonchev–Trinajstić information content (AvgIpc) is 3.09. The van der Waals surface area contributed by atoms with Gasteiger partial charge in [0.05, 0.1) is 12.7 Å². The first kappa shape index (κ1) is 29.5. The van der Waals surface area contributed by atoms with E-state index in [1.54, 1.807) is 32.0 Å². The van der Waals surface area contributed by atoms with E-state index in [2.05, 4.69) is 20.1 Å². The third-order valence-electron chi connectivity index (χ3n) is 5.21. The Labute approximate surface area is 221 Å². The molecular weight excluding hydrogens is 543 g/mol. The molecule has 0 aliphatic carbocycles. The Balaban J connectivity index is 1.91. The topological polar surface area (TPSA) is 210 Å². The van der Waals surface area contributed by atoms with Gasteiger partial charge < -0.3 is 24.2 Å². The van der Waals surface area contributed by atoms with E-state index < -0.39 is 62.3 Å². The maximum absolute atomic E-state index is 13.7. The zero-order chi connectivity index (χ0) is 28.1. The maximum Gasteiger partial charge on any atom is 0.459 e. The summed E-state index contributed by atoms with van der Waals surface area (Å²) >= 11 is 4.89. The summed E-state index contributed by atoms with van der Waals surface area (Å²) in [6.07, 6.45) is -4.51. The molecule has 15 nitrogen and oxygen atoms in total. The molecule has 2 aromatic rings. The van der Waals surface area contributed by atoms with Crippen molar-refractivity contribution in [3.05, 3.63) is 68.2 Å². The van der Waals surface area contributed by atoms with Crippen molar-refractivity contribution in [2.75, 3.05) is 6.61 Å². The van der Waals surface area contributed by atoms with Gasteiger partial charge in [-0.3, -0.25) is 18.9 Å². The molecule has 38 heavy (non-hydrogen) atoms. The summed E-state index contributed by atoms with van der Waals surface area (Å²) in [5, 5.41) is 27.3. The van der Waals surface area contributed by atoms with Gasteiger partial charge in [0.15, 0.2) is 6.23 Å². The molecule has 2 unspecified atom stereocenters. The lowest BCUT2D eigenvalue weighted by atomic mass is 10.1. The molecule has 206 valence electrons. The van der Waals surface area contributed by atoms with Crippen molar-refractivity contribution >= 4 is 25.9 Å². The van der Waals surface area contributed by atoms with Crippen molar-refractivity contribution in [2.45, 2.75) is 57.1 Å². The highest BCUT2D eigenvalue weighted by Crippen LogP contribution is 2.48. The summed E-state index contributed by atoms with van der Waals surface area (Å²) in [4.78, 5) is 29.7. The van der Waals surface area contributed by atoms with Crippen LogP contribution in [0.25, 0.3) is 10.4 Å². The van der Waals surface area contributed by atoms with Crippen molar-refractivity contribution < 1.29 is 38.1 Å². The van der Waals surface area contributed by atoms with Crippen LogP contribution in [0.2, 0.25) is 0 Å². The van der Waals surface area contributed by atoms with Crippen molar-refractivity contribution in [3.8, 4) is 5.75 Å². The van der Waals surface area contributed by atoms with E-state index in [1.165, 1.54) is 31.3 Å². The monoisotopic (exact) mass is 570 g/mol. The zero-order valence-corrected chi connectivity index (χ0v) is 22.2. The average molecular weight is 571 g/mol. The van der Waals surface area contributed by atoms with Crippen molar-refractivity contribution in [1.29, 1.82) is 0 Å². The smallest absolute Gasteiger partial charge is 0.459 e. The van der Waals surface area contributed by atoms with E-state index in [0.717, 1.165) is 4.57 Å². The van der Waals surface area contributed by atoms with Gasteiger partial charge in [-0.2, -0.15) is 5.09 Å². The Morgan fingerprint density at radius 1 is 1.34 bits per heavy atom. The fraction of sp³-hybridized carbons (Fsp3) is 0.476. The molecule has 0 bridgehead atoms. The Morgan fingerprint density at radius 3 is 2.63 bits per heavy atom. The van der Waals surface area contributed by atoms with Gasteiger partial charge in [-0.15, -0.1) is 0 Å². The minimum atomic E-state index is -4.46. The van der Waals surface area contributed by atoms with Crippen LogP contribution in [0, 0.1) is 4.64 Å². The lowest BCUT2D eigenvalue weighted by molar-refractivity contribution is -0.149. The number of aromatic amines is 1. The fourth-order valence-electron chi connectivity index (χ4n) is 3.44. The van der Waals surface area contributed by atoms with Gasteiger partial charge in [0.25, 0.3) is 0 Å². The third kappa shape index (κ3) is 6.87.